The molecule has 0 saturated carbocycles. The molecule has 5 aromatic rings. The van der Waals surface area contributed by atoms with Crippen molar-refractivity contribution in [1.29, 1.82) is 0 Å². The van der Waals surface area contributed by atoms with Crippen LogP contribution >= 0.6 is 15.9 Å². The summed E-state index contributed by atoms with van der Waals surface area (Å²) in [5, 5.41) is 17.3. The van der Waals surface area contributed by atoms with Crippen molar-refractivity contribution in [3.63, 3.8) is 0 Å². The van der Waals surface area contributed by atoms with Crippen LogP contribution in [0.5, 0.6) is 11.5 Å². The van der Waals surface area contributed by atoms with Crippen molar-refractivity contribution in [1.82, 2.24) is 0 Å². The zero-order valence-corrected chi connectivity index (χ0v) is 16.8. The van der Waals surface area contributed by atoms with Gasteiger partial charge in [-0.3, -0.25) is 0 Å². The number of phenolic OH excluding ortho intramolecular Hbond substituents is 1. The van der Waals surface area contributed by atoms with E-state index in [0.29, 0.717) is 4.47 Å². The first-order valence-electron chi connectivity index (χ1n) is 9.08. The van der Waals surface area contributed by atoms with Crippen molar-refractivity contribution in [2.45, 2.75) is 0 Å². The first-order valence-corrected chi connectivity index (χ1v) is 9.87. The lowest BCUT2D eigenvalue weighted by molar-refractivity contribution is 0.417. The number of methoxy groups -OCH3 is 1. The molecule has 5 rings (SSSR count). The standard InChI is InChI=1S/C25H17BrO2/c1-28-22-13-11-16-7-3-5-9-18(16)24(22)20-14-21(27)25(26)19-12-10-15-6-2-4-8-17(15)23(19)20/h2-14,27H,1H3. The molecule has 0 heterocycles. The van der Waals surface area contributed by atoms with Gasteiger partial charge in [0.2, 0.25) is 0 Å². The number of fused-ring (bicyclic) bond motifs is 4. The molecule has 0 fully saturated rings. The van der Waals surface area contributed by atoms with E-state index in [2.05, 4.69) is 58.4 Å². The van der Waals surface area contributed by atoms with Crippen molar-refractivity contribution in [2.24, 2.45) is 0 Å². The summed E-state index contributed by atoms with van der Waals surface area (Å²) in [5.41, 5.74) is 1.95. The lowest BCUT2D eigenvalue weighted by atomic mass is 9.90. The van der Waals surface area contributed by atoms with Crippen LogP contribution in [0, 0.1) is 0 Å². The number of ether oxygens (including phenoxy) is 1. The fourth-order valence-corrected chi connectivity index (χ4v) is 4.50. The summed E-state index contributed by atoms with van der Waals surface area (Å²) in [6, 6.07) is 26.6. The molecule has 0 aromatic heterocycles. The number of hydrogen-bond donors (Lipinski definition) is 1. The maximum Gasteiger partial charge on any atom is 0.131 e. The Balaban J connectivity index is 2.05. The van der Waals surface area contributed by atoms with Gasteiger partial charge in [-0.25, -0.2) is 0 Å². The van der Waals surface area contributed by atoms with E-state index in [1.165, 1.54) is 0 Å². The van der Waals surface area contributed by atoms with Crippen LogP contribution in [0.25, 0.3) is 43.4 Å². The largest absolute Gasteiger partial charge is 0.507 e. The fourth-order valence-electron chi connectivity index (χ4n) is 4.05. The van der Waals surface area contributed by atoms with E-state index in [9.17, 15) is 5.11 Å². The monoisotopic (exact) mass is 428 g/mol. The molecule has 5 aromatic carbocycles. The molecule has 136 valence electrons. The molecule has 0 saturated heterocycles. The topological polar surface area (TPSA) is 29.5 Å². The molecule has 1 N–H and O–H groups in total. The van der Waals surface area contributed by atoms with E-state index in [0.717, 1.165) is 49.2 Å². The molecular weight excluding hydrogens is 412 g/mol. The summed E-state index contributed by atoms with van der Waals surface area (Å²) >= 11 is 3.58. The van der Waals surface area contributed by atoms with Crippen molar-refractivity contribution in [2.75, 3.05) is 7.11 Å². The minimum atomic E-state index is 0.216. The third-order valence-corrected chi connectivity index (χ3v) is 6.15. The summed E-state index contributed by atoms with van der Waals surface area (Å²) in [7, 11) is 1.69. The van der Waals surface area contributed by atoms with Crippen molar-refractivity contribution in [3.8, 4) is 22.6 Å². The highest BCUT2D eigenvalue weighted by Crippen LogP contribution is 2.47. The lowest BCUT2D eigenvalue weighted by Gasteiger charge is -2.17. The molecule has 0 aliphatic heterocycles. The summed E-state index contributed by atoms with van der Waals surface area (Å²) in [6.07, 6.45) is 0. The van der Waals surface area contributed by atoms with Gasteiger partial charge in [-0.05, 0) is 60.6 Å². The molecule has 28 heavy (non-hydrogen) atoms. The van der Waals surface area contributed by atoms with E-state index in [-0.39, 0.29) is 5.75 Å². The van der Waals surface area contributed by atoms with Crippen molar-refractivity contribution < 1.29 is 9.84 Å². The molecule has 0 unspecified atom stereocenters. The predicted molar refractivity (Wildman–Crippen MR) is 120 cm³/mol. The van der Waals surface area contributed by atoms with Gasteiger partial charge in [0.05, 0.1) is 11.6 Å². The van der Waals surface area contributed by atoms with Crippen molar-refractivity contribution >= 4 is 48.2 Å². The minimum Gasteiger partial charge on any atom is -0.507 e. The van der Waals surface area contributed by atoms with Crippen LogP contribution in [-0.4, -0.2) is 12.2 Å². The Bertz CT molecular complexity index is 1370. The number of aromatic hydroxyl groups is 1. The second kappa shape index (κ2) is 6.54. The number of benzene rings is 5. The van der Waals surface area contributed by atoms with Crippen LogP contribution in [0.15, 0.2) is 83.3 Å². The summed E-state index contributed by atoms with van der Waals surface area (Å²) in [4.78, 5) is 0. The molecule has 0 radical (unpaired) electrons. The summed E-state index contributed by atoms with van der Waals surface area (Å²) in [5.74, 6) is 1.00. The quantitative estimate of drug-likeness (QED) is 0.299. The minimum absolute atomic E-state index is 0.216. The van der Waals surface area contributed by atoms with E-state index in [1.54, 1.807) is 7.11 Å². The Hall–Kier alpha value is -3.04. The third-order valence-electron chi connectivity index (χ3n) is 5.32. The average Bonchev–Trinajstić information content (AvgIpc) is 2.75. The van der Waals surface area contributed by atoms with Gasteiger partial charge in [-0.2, -0.15) is 0 Å². The first-order chi connectivity index (χ1) is 13.7. The Morgan fingerprint density at radius 3 is 2.14 bits per heavy atom. The van der Waals surface area contributed by atoms with E-state index >= 15 is 0 Å². The zero-order valence-electron chi connectivity index (χ0n) is 15.2. The van der Waals surface area contributed by atoms with Gasteiger partial charge in [-0.15, -0.1) is 0 Å². The number of rotatable bonds is 2. The smallest absolute Gasteiger partial charge is 0.131 e. The molecule has 0 bridgehead atoms. The van der Waals surface area contributed by atoms with E-state index in [4.69, 9.17) is 4.74 Å². The molecule has 0 aliphatic carbocycles. The molecule has 0 amide bonds. The van der Waals surface area contributed by atoms with Crippen LogP contribution in [-0.2, 0) is 0 Å². The second-order valence-corrected chi connectivity index (χ2v) is 7.62. The average molecular weight is 429 g/mol. The van der Waals surface area contributed by atoms with Gasteiger partial charge in [0.25, 0.3) is 0 Å². The normalized spacial score (nSPS) is 11.4. The fraction of sp³-hybridized carbons (Fsp3) is 0.0400. The van der Waals surface area contributed by atoms with Gasteiger partial charge < -0.3 is 9.84 Å². The molecule has 2 nitrogen and oxygen atoms in total. The third kappa shape index (κ3) is 2.47. The maximum atomic E-state index is 10.7. The Morgan fingerprint density at radius 2 is 1.39 bits per heavy atom. The first kappa shape index (κ1) is 17.1. The highest BCUT2D eigenvalue weighted by Gasteiger charge is 2.18. The molecule has 0 aliphatic rings. The highest BCUT2D eigenvalue weighted by atomic mass is 79.9. The van der Waals surface area contributed by atoms with Gasteiger partial charge in [0, 0.05) is 10.9 Å². The zero-order chi connectivity index (χ0) is 19.3. The maximum absolute atomic E-state index is 10.7. The Morgan fingerprint density at radius 1 is 0.750 bits per heavy atom. The SMILES string of the molecule is COc1ccc2ccccc2c1-c1cc(O)c(Br)c2ccc3ccccc3c12. The Kier molecular flexibility index (Phi) is 3.99. The number of phenols is 1. The van der Waals surface area contributed by atoms with Gasteiger partial charge >= 0.3 is 0 Å². The molecule has 3 heteroatoms. The number of halogens is 1. The van der Waals surface area contributed by atoms with Crippen LogP contribution < -0.4 is 4.74 Å². The van der Waals surface area contributed by atoms with Crippen LogP contribution in [0.1, 0.15) is 0 Å². The molecule has 0 spiro atoms. The predicted octanol–water partition coefficient (Wildman–Crippen LogP) is 7.29. The lowest BCUT2D eigenvalue weighted by Crippen LogP contribution is -1.92. The Labute approximate surface area is 171 Å². The van der Waals surface area contributed by atoms with Crippen LogP contribution in [0.4, 0.5) is 0 Å². The number of hydrogen-bond acceptors (Lipinski definition) is 2. The van der Waals surface area contributed by atoms with Crippen LogP contribution in [0.3, 0.4) is 0 Å². The van der Waals surface area contributed by atoms with Crippen molar-refractivity contribution in [3.05, 3.63) is 83.3 Å². The molecule has 0 atom stereocenters. The summed E-state index contributed by atoms with van der Waals surface area (Å²) < 4.78 is 6.45. The van der Waals surface area contributed by atoms with Crippen LogP contribution in [0.2, 0.25) is 0 Å². The van der Waals surface area contributed by atoms with Gasteiger partial charge in [0.1, 0.15) is 11.5 Å². The summed E-state index contributed by atoms with van der Waals surface area (Å²) in [6.45, 7) is 0. The second-order valence-electron chi connectivity index (χ2n) is 6.83. The van der Waals surface area contributed by atoms with E-state index in [1.807, 2.05) is 36.4 Å². The van der Waals surface area contributed by atoms with Gasteiger partial charge in [-0.1, -0.05) is 66.7 Å². The van der Waals surface area contributed by atoms with Gasteiger partial charge in [0.15, 0.2) is 0 Å². The molecular formula is C25H17BrO2. The van der Waals surface area contributed by atoms with E-state index < -0.39 is 0 Å². The highest BCUT2D eigenvalue weighted by molar-refractivity contribution is 9.10.